The first-order valence-corrected chi connectivity index (χ1v) is 22.9. The zero-order valence-electron chi connectivity index (χ0n) is 34.9. The minimum absolute atomic E-state index is 0.100. The number of ether oxygens (including phenoxy) is 2. The van der Waals surface area contributed by atoms with E-state index >= 15 is 0 Å². The van der Waals surface area contributed by atoms with Gasteiger partial charge < -0.3 is 25.2 Å². The Morgan fingerprint density at radius 3 is 1.57 bits per heavy atom. The lowest BCUT2D eigenvalue weighted by Crippen LogP contribution is -2.53. The summed E-state index contributed by atoms with van der Waals surface area (Å²) in [6, 6.07) is -2.10. The quantitative estimate of drug-likeness (QED) is 0.0410. The molecule has 0 rings (SSSR count). The summed E-state index contributed by atoms with van der Waals surface area (Å²) in [7, 11) is 1.16. The monoisotopic (exact) mass is 785 g/mol. The summed E-state index contributed by atoms with van der Waals surface area (Å²) in [4.78, 5) is 61.9. The predicted molar refractivity (Wildman–Crippen MR) is 221 cm³/mol. The van der Waals surface area contributed by atoms with Gasteiger partial charge in [0.2, 0.25) is 11.8 Å². The number of Topliss-reactive ketones (excluding diaryl/α,β-unsaturated/α-hetero) is 1. The maximum absolute atomic E-state index is 13.0. The van der Waals surface area contributed by atoms with Crippen molar-refractivity contribution in [2.75, 3.05) is 25.2 Å². The Kier molecular flexibility index (Phi) is 36.3. The second kappa shape index (κ2) is 37.8. The summed E-state index contributed by atoms with van der Waals surface area (Å²) in [5.41, 5.74) is 0. The van der Waals surface area contributed by atoms with Crippen LogP contribution in [0.5, 0.6) is 0 Å². The number of hydrogen-bond donors (Lipinski definition) is 3. The third kappa shape index (κ3) is 32.1. The number of ketones is 1. The number of hydrogen-bond acceptors (Lipinski definition) is 9. The van der Waals surface area contributed by atoms with E-state index in [1.165, 1.54) is 128 Å². The van der Waals surface area contributed by atoms with Crippen molar-refractivity contribution < 1.29 is 38.6 Å². The van der Waals surface area contributed by atoms with Crippen molar-refractivity contribution in [2.45, 2.75) is 219 Å². The maximum Gasteiger partial charge on any atom is 0.330 e. The zero-order valence-corrected chi connectivity index (χ0v) is 35.7. The molecule has 2 amide bonds. The minimum Gasteiger partial charge on any atom is -0.467 e. The number of rotatable bonds is 39. The first kappa shape index (κ1) is 51.9. The number of esters is 2. The number of carbonyl (C=O) groups excluding carboxylic acids is 5. The zero-order chi connectivity index (χ0) is 40.1. The Bertz CT molecular complexity index is 966. The molecule has 0 spiro atoms. The molecule has 0 aromatic rings. The summed E-state index contributed by atoms with van der Waals surface area (Å²) in [6.07, 6.45) is 30.1. The highest BCUT2D eigenvalue weighted by Gasteiger charge is 2.26. The van der Waals surface area contributed by atoms with Crippen molar-refractivity contribution in [3.63, 3.8) is 0 Å². The van der Waals surface area contributed by atoms with Gasteiger partial charge >= 0.3 is 11.9 Å². The van der Waals surface area contributed by atoms with Gasteiger partial charge in [-0.05, 0) is 37.9 Å². The number of carbonyl (C=O) groups is 5. The number of amides is 2. The van der Waals surface area contributed by atoms with Gasteiger partial charge in [0.05, 0.1) is 13.7 Å². The number of nitrogens with one attached hydrogen (secondary N) is 2. The third-order valence-electron chi connectivity index (χ3n) is 9.83. The van der Waals surface area contributed by atoms with Crippen LogP contribution in [0.3, 0.4) is 0 Å². The van der Waals surface area contributed by atoms with E-state index in [4.69, 9.17) is 4.74 Å². The molecule has 0 saturated heterocycles. The van der Waals surface area contributed by atoms with Crippen LogP contribution in [0.4, 0.5) is 0 Å². The molecule has 3 atom stereocenters. The molecule has 3 N–H and O–H groups in total. The number of aliphatic hydroxyl groups excluding tert-OH is 1. The molecule has 0 aliphatic heterocycles. The molecule has 0 fully saturated rings. The second-order valence-electron chi connectivity index (χ2n) is 15.0. The largest absolute Gasteiger partial charge is 0.467 e. The Morgan fingerprint density at radius 2 is 1.09 bits per heavy atom. The Morgan fingerprint density at radius 1 is 0.611 bits per heavy atom. The standard InChI is InChI=1S/C43H80N2O8S/c1-5-7-9-11-13-15-16-17-18-20-22-24-26-31-41(49)53-38(30-25-23-21-19-14-12-10-8-6-2)33-37(48)29-27-28-32-54-35-40(44-36(3)47)42(50)45-39(34-46)43(51)52-4/h38-40,46H,5-35H2,1-4H3,(H,44,47)(H,45,50)/t38-,39+,40+/m1/s1. The Hall–Kier alpha value is -2.14. The first-order valence-electron chi connectivity index (χ1n) is 21.7. The molecule has 0 aromatic carbocycles. The number of methoxy groups -OCH3 is 1. The van der Waals surface area contributed by atoms with Gasteiger partial charge in [-0.25, -0.2) is 4.79 Å². The summed E-state index contributed by atoms with van der Waals surface area (Å²) >= 11 is 1.46. The van der Waals surface area contributed by atoms with Crippen LogP contribution in [0, 0.1) is 0 Å². The lowest BCUT2D eigenvalue weighted by Gasteiger charge is -2.20. The van der Waals surface area contributed by atoms with Gasteiger partial charge in [0.25, 0.3) is 0 Å². The van der Waals surface area contributed by atoms with Crippen LogP contribution in [0.25, 0.3) is 0 Å². The highest BCUT2D eigenvalue weighted by atomic mass is 32.2. The van der Waals surface area contributed by atoms with Gasteiger partial charge in [-0.1, -0.05) is 142 Å². The number of unbranched alkanes of at least 4 members (excludes halogenated alkanes) is 21. The van der Waals surface area contributed by atoms with Crippen LogP contribution in [-0.2, 0) is 33.4 Å². The van der Waals surface area contributed by atoms with Crippen LogP contribution in [-0.4, -0.2) is 78.1 Å². The summed E-state index contributed by atoms with van der Waals surface area (Å²) in [5.74, 6) is -0.881. The van der Waals surface area contributed by atoms with Crippen molar-refractivity contribution in [1.82, 2.24) is 10.6 Å². The normalized spacial score (nSPS) is 12.8. The highest BCUT2D eigenvalue weighted by Crippen LogP contribution is 2.18. The van der Waals surface area contributed by atoms with Crippen molar-refractivity contribution >= 4 is 41.3 Å². The smallest absolute Gasteiger partial charge is 0.330 e. The van der Waals surface area contributed by atoms with E-state index in [0.29, 0.717) is 25.0 Å². The fourth-order valence-corrected chi connectivity index (χ4v) is 7.57. The summed E-state index contributed by atoms with van der Waals surface area (Å²) < 4.78 is 10.5. The first-order chi connectivity index (χ1) is 26.2. The predicted octanol–water partition coefficient (Wildman–Crippen LogP) is 9.32. The van der Waals surface area contributed by atoms with Gasteiger partial charge in [-0.15, -0.1) is 0 Å². The van der Waals surface area contributed by atoms with Crippen LogP contribution >= 0.6 is 11.8 Å². The molecule has 0 bridgehead atoms. The molecule has 0 radical (unpaired) electrons. The van der Waals surface area contributed by atoms with E-state index in [-0.39, 0.29) is 35.9 Å². The summed E-state index contributed by atoms with van der Waals surface area (Å²) in [5, 5.41) is 14.4. The van der Waals surface area contributed by atoms with Crippen LogP contribution < -0.4 is 10.6 Å². The second-order valence-corrected chi connectivity index (χ2v) is 16.2. The fraction of sp³-hybridized carbons (Fsp3) is 0.884. The van der Waals surface area contributed by atoms with E-state index < -0.39 is 30.6 Å². The summed E-state index contributed by atoms with van der Waals surface area (Å²) in [6.45, 7) is 5.18. The molecule has 10 nitrogen and oxygen atoms in total. The fourth-order valence-electron chi connectivity index (χ4n) is 6.52. The van der Waals surface area contributed by atoms with Crippen molar-refractivity contribution in [3.8, 4) is 0 Å². The van der Waals surface area contributed by atoms with Crippen molar-refractivity contribution in [2.24, 2.45) is 0 Å². The van der Waals surface area contributed by atoms with E-state index in [1.807, 2.05) is 0 Å². The van der Waals surface area contributed by atoms with Crippen LogP contribution in [0.1, 0.15) is 201 Å². The average molecular weight is 785 g/mol. The number of thioether (sulfide) groups is 1. The molecule has 54 heavy (non-hydrogen) atoms. The van der Waals surface area contributed by atoms with E-state index in [1.54, 1.807) is 0 Å². The van der Waals surface area contributed by atoms with Gasteiger partial charge in [-0.3, -0.25) is 19.2 Å². The lowest BCUT2D eigenvalue weighted by atomic mass is 10.0. The Labute approximate surface area is 333 Å². The molecule has 11 heteroatoms. The van der Waals surface area contributed by atoms with Crippen LogP contribution in [0.2, 0.25) is 0 Å². The van der Waals surface area contributed by atoms with Gasteiger partial charge in [0.15, 0.2) is 6.04 Å². The molecule has 0 aliphatic carbocycles. The van der Waals surface area contributed by atoms with Crippen molar-refractivity contribution in [3.05, 3.63) is 0 Å². The maximum atomic E-state index is 13.0. The average Bonchev–Trinajstić information content (AvgIpc) is 3.15. The van der Waals surface area contributed by atoms with E-state index in [2.05, 4.69) is 29.2 Å². The van der Waals surface area contributed by atoms with Gasteiger partial charge in [-0.2, -0.15) is 11.8 Å². The highest BCUT2D eigenvalue weighted by molar-refractivity contribution is 7.99. The molecule has 0 aromatic heterocycles. The number of aliphatic hydroxyl groups is 1. The topological polar surface area (TPSA) is 148 Å². The van der Waals surface area contributed by atoms with Crippen LogP contribution in [0.15, 0.2) is 0 Å². The molecule has 316 valence electrons. The molecular formula is C43H80N2O8S. The Balaban J connectivity index is 4.60. The van der Waals surface area contributed by atoms with Gasteiger partial charge in [0, 0.05) is 31.9 Å². The SMILES string of the molecule is CCCCCCCCCCCCCCCC(=O)O[C@H](CCCCCCCCCCC)CC(=O)CCCCSC[C@H](NC(C)=O)C(=O)N[C@@H](CO)C(=O)OC. The minimum atomic E-state index is -1.21. The third-order valence-corrected chi connectivity index (χ3v) is 11.0. The molecule has 0 saturated carbocycles. The molecular weight excluding hydrogens is 705 g/mol. The lowest BCUT2D eigenvalue weighted by molar-refractivity contribution is -0.151. The van der Waals surface area contributed by atoms with Crippen molar-refractivity contribution in [1.29, 1.82) is 0 Å². The molecule has 0 heterocycles. The van der Waals surface area contributed by atoms with Gasteiger partial charge in [0.1, 0.15) is 17.9 Å². The van der Waals surface area contributed by atoms with E-state index in [9.17, 15) is 29.1 Å². The van der Waals surface area contributed by atoms with E-state index in [0.717, 1.165) is 52.1 Å². The molecule has 0 aliphatic rings. The molecule has 0 unspecified atom stereocenters.